The van der Waals surface area contributed by atoms with Gasteiger partial charge in [-0.3, -0.25) is 0 Å². The summed E-state index contributed by atoms with van der Waals surface area (Å²) in [4.78, 5) is 9.61. The van der Waals surface area contributed by atoms with E-state index in [1.807, 2.05) is 48.5 Å². The summed E-state index contributed by atoms with van der Waals surface area (Å²) < 4.78 is 0. The van der Waals surface area contributed by atoms with Crippen LogP contribution in [0.25, 0.3) is 44.3 Å². The minimum atomic E-state index is 0.693. The fraction of sp³-hybridized carbons (Fsp3) is 0. The van der Waals surface area contributed by atoms with Crippen LogP contribution in [0.4, 0.5) is 0 Å². The van der Waals surface area contributed by atoms with E-state index in [0.29, 0.717) is 5.56 Å². The van der Waals surface area contributed by atoms with Crippen LogP contribution >= 0.6 is 0 Å². The van der Waals surface area contributed by atoms with Gasteiger partial charge in [0.2, 0.25) is 0 Å². The molecule has 0 saturated heterocycles. The summed E-state index contributed by atoms with van der Waals surface area (Å²) in [6.45, 7) is 0. The van der Waals surface area contributed by atoms with Crippen molar-refractivity contribution in [1.29, 1.82) is 5.26 Å². The van der Waals surface area contributed by atoms with E-state index in [0.717, 1.165) is 44.3 Å². The van der Waals surface area contributed by atoms with Gasteiger partial charge in [-0.1, -0.05) is 36.4 Å². The number of hydrogen-bond acceptors (Lipinski definition) is 3. The molecule has 22 heavy (non-hydrogen) atoms. The van der Waals surface area contributed by atoms with Crippen molar-refractivity contribution in [3.8, 4) is 28.6 Å². The molecule has 0 unspecified atom stereocenters. The van der Waals surface area contributed by atoms with Gasteiger partial charge >= 0.3 is 0 Å². The molecule has 0 bridgehead atoms. The van der Waals surface area contributed by atoms with E-state index in [2.05, 4.69) is 12.1 Å². The lowest BCUT2D eigenvalue weighted by Crippen LogP contribution is -1.89. The Balaban J connectivity index is 2.00. The third-order valence-corrected chi connectivity index (χ3v) is 4.24. The number of rotatable bonds is 0. The smallest absolute Gasteiger partial charge is 0.0998 e. The first-order valence-corrected chi connectivity index (χ1v) is 7.10. The Morgan fingerprint density at radius 1 is 0.727 bits per heavy atom. The van der Waals surface area contributed by atoms with Crippen molar-refractivity contribution in [2.75, 3.05) is 0 Å². The predicted molar refractivity (Wildman–Crippen MR) is 86.2 cm³/mol. The molecule has 1 heterocycles. The van der Waals surface area contributed by atoms with Crippen LogP contribution < -0.4 is 0 Å². The Hall–Kier alpha value is -3.25. The summed E-state index contributed by atoms with van der Waals surface area (Å²) in [5, 5.41) is 11.4. The van der Waals surface area contributed by atoms with Crippen molar-refractivity contribution in [1.82, 2.24) is 9.97 Å². The molecular formula is C19H9N3. The second-order valence-electron chi connectivity index (χ2n) is 5.41. The topological polar surface area (TPSA) is 49.6 Å². The maximum absolute atomic E-state index is 9.33. The minimum Gasteiger partial charge on any atom is -0.244 e. The molecule has 0 fully saturated rings. The van der Waals surface area contributed by atoms with Gasteiger partial charge in [0, 0.05) is 21.9 Å². The summed E-state index contributed by atoms with van der Waals surface area (Å²) in [7, 11) is 0. The fourth-order valence-corrected chi connectivity index (χ4v) is 3.27. The van der Waals surface area contributed by atoms with Crippen LogP contribution in [0.3, 0.4) is 0 Å². The molecule has 0 saturated carbocycles. The first-order valence-electron chi connectivity index (χ1n) is 7.10. The van der Waals surface area contributed by atoms with Crippen LogP contribution in [0.15, 0.2) is 54.6 Å². The van der Waals surface area contributed by atoms with Crippen LogP contribution in [-0.4, -0.2) is 9.97 Å². The zero-order valence-electron chi connectivity index (χ0n) is 11.5. The van der Waals surface area contributed by atoms with Crippen LogP contribution in [0.5, 0.6) is 0 Å². The highest BCUT2D eigenvalue weighted by atomic mass is 14.8. The van der Waals surface area contributed by atoms with Gasteiger partial charge in [0.05, 0.1) is 34.1 Å². The number of fused-ring (bicyclic) bond motifs is 4. The normalized spacial score (nSPS) is 11.6. The zero-order valence-corrected chi connectivity index (χ0v) is 11.5. The Bertz CT molecular complexity index is 1090. The second kappa shape index (κ2) is 3.90. The molecular weight excluding hydrogens is 270 g/mol. The number of para-hydroxylation sites is 2. The van der Waals surface area contributed by atoms with Crippen LogP contribution in [0.2, 0.25) is 0 Å². The lowest BCUT2D eigenvalue weighted by Gasteiger charge is -2.03. The average Bonchev–Trinajstić information content (AvgIpc) is 2.89. The van der Waals surface area contributed by atoms with Gasteiger partial charge in [0.25, 0.3) is 0 Å². The summed E-state index contributed by atoms with van der Waals surface area (Å²) in [5.41, 5.74) is 6.44. The molecule has 0 spiro atoms. The van der Waals surface area contributed by atoms with E-state index in [9.17, 15) is 5.26 Å². The minimum absolute atomic E-state index is 0.693. The highest BCUT2D eigenvalue weighted by Crippen LogP contribution is 2.46. The summed E-state index contributed by atoms with van der Waals surface area (Å²) in [6.07, 6.45) is 0. The summed E-state index contributed by atoms with van der Waals surface area (Å²) >= 11 is 0. The van der Waals surface area contributed by atoms with E-state index < -0.39 is 0 Å². The van der Waals surface area contributed by atoms with Gasteiger partial charge in [0.1, 0.15) is 0 Å². The van der Waals surface area contributed by atoms with Crippen molar-refractivity contribution in [2.45, 2.75) is 0 Å². The van der Waals surface area contributed by atoms with Crippen LogP contribution in [-0.2, 0) is 0 Å². The quantitative estimate of drug-likeness (QED) is 0.424. The van der Waals surface area contributed by atoms with Gasteiger partial charge in [-0.05, 0) is 18.2 Å². The summed E-state index contributed by atoms with van der Waals surface area (Å²) in [5.74, 6) is 0. The SMILES string of the molecule is N#Cc1ccc2c3c(cccc13)-c1nc3ccccc3nc1-2. The van der Waals surface area contributed by atoms with Crippen molar-refractivity contribution in [3.63, 3.8) is 0 Å². The van der Waals surface area contributed by atoms with E-state index in [4.69, 9.17) is 9.97 Å². The molecule has 3 heteroatoms. The molecule has 3 aromatic carbocycles. The molecule has 100 valence electrons. The first-order chi connectivity index (χ1) is 10.9. The van der Waals surface area contributed by atoms with Crippen molar-refractivity contribution in [2.24, 2.45) is 0 Å². The first kappa shape index (κ1) is 11.4. The number of benzene rings is 3. The highest BCUT2D eigenvalue weighted by Gasteiger charge is 2.25. The van der Waals surface area contributed by atoms with Crippen LogP contribution in [0.1, 0.15) is 5.56 Å². The molecule has 5 rings (SSSR count). The van der Waals surface area contributed by atoms with Gasteiger partial charge < -0.3 is 0 Å². The predicted octanol–water partition coefficient (Wildman–Crippen LogP) is 4.30. The number of nitrogens with zero attached hydrogens (tertiary/aromatic N) is 3. The number of nitriles is 1. The third-order valence-electron chi connectivity index (χ3n) is 4.24. The highest BCUT2D eigenvalue weighted by molar-refractivity contribution is 6.15. The summed E-state index contributed by atoms with van der Waals surface area (Å²) in [6, 6.07) is 20.1. The Morgan fingerprint density at radius 2 is 1.41 bits per heavy atom. The molecule has 0 aliphatic heterocycles. The van der Waals surface area contributed by atoms with Gasteiger partial charge in [0.15, 0.2) is 0 Å². The molecule has 1 aromatic heterocycles. The molecule has 0 atom stereocenters. The molecule has 0 amide bonds. The standard InChI is InChI=1S/C19H9N3/c20-10-11-8-9-14-17-12(11)4-3-5-13(17)18-19(14)22-16-7-2-1-6-15(16)21-18/h1-9H. The van der Waals surface area contributed by atoms with E-state index in [1.165, 1.54) is 0 Å². The Kier molecular flexibility index (Phi) is 2.02. The molecule has 1 aliphatic rings. The lowest BCUT2D eigenvalue weighted by atomic mass is 10.00. The van der Waals surface area contributed by atoms with E-state index in [-0.39, 0.29) is 0 Å². The van der Waals surface area contributed by atoms with Crippen molar-refractivity contribution < 1.29 is 0 Å². The van der Waals surface area contributed by atoms with Gasteiger partial charge in [-0.2, -0.15) is 5.26 Å². The van der Waals surface area contributed by atoms with Gasteiger partial charge in [-0.25, -0.2) is 9.97 Å². The Labute approximate surface area is 126 Å². The van der Waals surface area contributed by atoms with Crippen LogP contribution in [0, 0.1) is 11.3 Å². The third kappa shape index (κ3) is 1.29. The van der Waals surface area contributed by atoms with E-state index >= 15 is 0 Å². The van der Waals surface area contributed by atoms with Crippen molar-refractivity contribution >= 4 is 21.8 Å². The molecule has 0 radical (unpaired) electrons. The molecule has 0 N–H and O–H groups in total. The van der Waals surface area contributed by atoms with Gasteiger partial charge in [-0.15, -0.1) is 0 Å². The fourth-order valence-electron chi connectivity index (χ4n) is 3.27. The number of hydrogen-bond donors (Lipinski definition) is 0. The maximum Gasteiger partial charge on any atom is 0.0998 e. The second-order valence-corrected chi connectivity index (χ2v) is 5.41. The van der Waals surface area contributed by atoms with E-state index in [1.54, 1.807) is 0 Å². The zero-order chi connectivity index (χ0) is 14.7. The lowest BCUT2D eigenvalue weighted by molar-refractivity contribution is 1.32. The van der Waals surface area contributed by atoms with Crippen molar-refractivity contribution in [3.05, 3.63) is 60.2 Å². The largest absolute Gasteiger partial charge is 0.244 e. The molecule has 4 aromatic rings. The maximum atomic E-state index is 9.33. The molecule has 1 aliphatic carbocycles. The number of aromatic nitrogens is 2. The molecule has 3 nitrogen and oxygen atoms in total. The monoisotopic (exact) mass is 279 g/mol. The average molecular weight is 279 g/mol. The Morgan fingerprint density at radius 3 is 2.09 bits per heavy atom.